The van der Waals surface area contributed by atoms with E-state index in [1.165, 1.54) is 4.31 Å². The molecule has 2 fully saturated rings. The minimum atomic E-state index is -3.48. The maximum atomic E-state index is 13.0. The van der Waals surface area contributed by atoms with E-state index in [1.807, 2.05) is 27.0 Å². The number of nitrogens with zero attached hydrogens (tertiary/aromatic N) is 6. The Bertz CT molecular complexity index is 1060. The molecule has 0 saturated carbocycles. The van der Waals surface area contributed by atoms with E-state index in [4.69, 9.17) is 0 Å². The third-order valence-electron chi connectivity index (χ3n) is 5.96. The number of carbonyl (C=O) groups is 1. The highest BCUT2D eigenvalue weighted by molar-refractivity contribution is 7.86. The number of aryl methyl sites for hydroxylation is 2. The first kappa shape index (κ1) is 21.1. The summed E-state index contributed by atoms with van der Waals surface area (Å²) in [5, 5.41) is 0. The van der Waals surface area contributed by atoms with Crippen molar-refractivity contribution in [1.29, 1.82) is 0 Å². The Hall–Kier alpha value is -2.14. The predicted octanol–water partition coefficient (Wildman–Crippen LogP) is 0.497. The van der Waals surface area contributed by atoms with Crippen LogP contribution in [0.1, 0.15) is 21.7 Å². The number of hydrogen-bond acceptors (Lipinski definition) is 6. The van der Waals surface area contributed by atoms with Crippen LogP contribution < -0.4 is 0 Å². The average molecular weight is 433 g/mol. The first-order valence-electron chi connectivity index (χ1n) is 10.2. The fourth-order valence-electron chi connectivity index (χ4n) is 3.85. The fourth-order valence-corrected chi connectivity index (χ4v) is 5.43. The fraction of sp³-hybridized carbons (Fsp3) is 0.550. The summed E-state index contributed by atoms with van der Waals surface area (Å²) in [7, 11) is -1.48. The molecule has 2 saturated heterocycles. The Balaban J connectivity index is 1.43. The largest absolute Gasteiger partial charge is 0.336 e. The van der Waals surface area contributed by atoms with Crippen LogP contribution in [0.3, 0.4) is 0 Å². The Morgan fingerprint density at radius 1 is 0.833 bits per heavy atom. The first-order chi connectivity index (χ1) is 14.3. The van der Waals surface area contributed by atoms with E-state index in [0.29, 0.717) is 50.3 Å². The van der Waals surface area contributed by atoms with Crippen LogP contribution in [0.15, 0.2) is 18.2 Å². The molecule has 0 aliphatic carbocycles. The zero-order chi connectivity index (χ0) is 21.5. The van der Waals surface area contributed by atoms with Gasteiger partial charge in [-0.25, -0.2) is 9.97 Å². The molecule has 10 heteroatoms. The van der Waals surface area contributed by atoms with E-state index in [0.717, 1.165) is 30.0 Å². The minimum absolute atomic E-state index is 0.103. The summed E-state index contributed by atoms with van der Waals surface area (Å²) in [6, 6.07) is 5.35. The van der Waals surface area contributed by atoms with E-state index in [2.05, 4.69) is 14.9 Å². The molecule has 2 aliphatic rings. The molecule has 2 aromatic rings. The number of likely N-dealkylation sites (N-methyl/N-ethyl adjacent to an activating group) is 1. The third kappa shape index (κ3) is 4.04. The standard InChI is InChI=1S/C20H28N6O3S/c1-15-16(2)22-19-14-17(4-5-18(19)21-15)20(27)24-8-12-26(13-9-24)30(28,29)25-10-6-23(3)7-11-25/h4-5,14H,6-13H2,1-3H3. The lowest BCUT2D eigenvalue weighted by Crippen LogP contribution is -2.57. The maximum Gasteiger partial charge on any atom is 0.282 e. The molecule has 1 amide bonds. The van der Waals surface area contributed by atoms with Crippen molar-refractivity contribution in [2.75, 3.05) is 59.4 Å². The molecule has 30 heavy (non-hydrogen) atoms. The zero-order valence-electron chi connectivity index (χ0n) is 17.7. The molecule has 0 N–H and O–H groups in total. The second-order valence-electron chi connectivity index (χ2n) is 8.00. The molecule has 3 heterocycles. The van der Waals surface area contributed by atoms with Crippen LogP contribution in [-0.2, 0) is 10.2 Å². The van der Waals surface area contributed by atoms with Gasteiger partial charge in [-0.3, -0.25) is 4.79 Å². The molecular formula is C20H28N6O3S. The lowest BCUT2D eigenvalue weighted by molar-refractivity contribution is 0.0692. The zero-order valence-corrected chi connectivity index (χ0v) is 18.5. The van der Waals surface area contributed by atoms with E-state index in [9.17, 15) is 13.2 Å². The average Bonchev–Trinajstić information content (AvgIpc) is 2.74. The first-order valence-corrected chi connectivity index (χ1v) is 11.6. The van der Waals surface area contributed by atoms with Crippen molar-refractivity contribution in [3.05, 3.63) is 35.2 Å². The molecule has 1 aromatic heterocycles. The molecular weight excluding hydrogens is 404 g/mol. The SMILES string of the molecule is Cc1nc2ccc(C(=O)N3CCN(S(=O)(=O)N4CCN(C)CC4)CC3)cc2nc1C. The van der Waals surface area contributed by atoms with Gasteiger partial charge in [0.2, 0.25) is 0 Å². The number of piperazine rings is 2. The number of fused-ring (bicyclic) bond motifs is 1. The van der Waals surface area contributed by atoms with Gasteiger partial charge in [0.05, 0.1) is 22.4 Å². The summed E-state index contributed by atoms with van der Waals surface area (Å²) < 4.78 is 28.9. The van der Waals surface area contributed by atoms with Crippen molar-refractivity contribution in [1.82, 2.24) is 28.4 Å². The molecule has 0 spiro atoms. The number of amides is 1. The van der Waals surface area contributed by atoms with Crippen LogP contribution in [0.5, 0.6) is 0 Å². The van der Waals surface area contributed by atoms with Gasteiger partial charge in [-0.2, -0.15) is 17.0 Å². The normalized spacial score (nSPS) is 20.0. The number of rotatable bonds is 3. The number of aromatic nitrogens is 2. The third-order valence-corrected chi connectivity index (χ3v) is 8.00. The molecule has 4 rings (SSSR count). The van der Waals surface area contributed by atoms with E-state index in [-0.39, 0.29) is 5.91 Å². The Kier molecular flexibility index (Phi) is 5.75. The predicted molar refractivity (Wildman–Crippen MR) is 114 cm³/mol. The van der Waals surface area contributed by atoms with Crippen LogP contribution in [0.4, 0.5) is 0 Å². The Morgan fingerprint density at radius 2 is 1.37 bits per heavy atom. The van der Waals surface area contributed by atoms with Crippen molar-refractivity contribution in [2.45, 2.75) is 13.8 Å². The molecule has 0 radical (unpaired) electrons. The Morgan fingerprint density at radius 3 is 1.97 bits per heavy atom. The lowest BCUT2D eigenvalue weighted by atomic mass is 10.1. The quantitative estimate of drug-likeness (QED) is 0.702. The summed E-state index contributed by atoms with van der Waals surface area (Å²) in [5.41, 5.74) is 3.72. The summed E-state index contributed by atoms with van der Waals surface area (Å²) >= 11 is 0. The van der Waals surface area contributed by atoms with Crippen molar-refractivity contribution in [3.8, 4) is 0 Å². The van der Waals surface area contributed by atoms with Gasteiger partial charge in [0, 0.05) is 57.9 Å². The lowest BCUT2D eigenvalue weighted by Gasteiger charge is -2.39. The summed E-state index contributed by atoms with van der Waals surface area (Å²) in [4.78, 5) is 25.9. The van der Waals surface area contributed by atoms with Gasteiger partial charge in [-0.05, 0) is 39.1 Å². The monoisotopic (exact) mass is 432 g/mol. The topological polar surface area (TPSA) is 90.0 Å². The van der Waals surface area contributed by atoms with Gasteiger partial charge in [-0.1, -0.05) is 0 Å². The number of carbonyl (C=O) groups excluding carboxylic acids is 1. The summed E-state index contributed by atoms with van der Waals surface area (Å²) in [6.45, 7) is 7.68. The van der Waals surface area contributed by atoms with Crippen molar-refractivity contribution in [2.24, 2.45) is 0 Å². The van der Waals surface area contributed by atoms with Gasteiger partial charge >= 0.3 is 0 Å². The van der Waals surface area contributed by atoms with E-state index < -0.39 is 10.2 Å². The molecule has 0 bridgehead atoms. The van der Waals surface area contributed by atoms with Crippen molar-refractivity contribution in [3.63, 3.8) is 0 Å². The highest BCUT2D eigenvalue weighted by Gasteiger charge is 2.34. The molecule has 0 unspecified atom stereocenters. The van der Waals surface area contributed by atoms with Gasteiger partial charge in [0.1, 0.15) is 0 Å². The highest BCUT2D eigenvalue weighted by atomic mass is 32.2. The van der Waals surface area contributed by atoms with Crippen molar-refractivity contribution >= 4 is 27.1 Å². The van der Waals surface area contributed by atoms with Crippen LogP contribution in [0.25, 0.3) is 11.0 Å². The molecule has 9 nitrogen and oxygen atoms in total. The minimum Gasteiger partial charge on any atom is -0.336 e. The Labute approximate surface area is 177 Å². The molecule has 162 valence electrons. The summed E-state index contributed by atoms with van der Waals surface area (Å²) in [5.74, 6) is -0.103. The van der Waals surface area contributed by atoms with Gasteiger partial charge in [0.15, 0.2) is 0 Å². The molecule has 1 aromatic carbocycles. The van der Waals surface area contributed by atoms with Crippen LogP contribution >= 0.6 is 0 Å². The highest BCUT2D eigenvalue weighted by Crippen LogP contribution is 2.19. The second kappa shape index (κ2) is 8.18. The van der Waals surface area contributed by atoms with Gasteiger partial charge < -0.3 is 9.80 Å². The molecule has 2 aliphatic heterocycles. The van der Waals surface area contributed by atoms with Gasteiger partial charge in [0.25, 0.3) is 16.1 Å². The molecule has 0 atom stereocenters. The van der Waals surface area contributed by atoms with Crippen LogP contribution in [0.2, 0.25) is 0 Å². The summed E-state index contributed by atoms with van der Waals surface area (Å²) in [6.07, 6.45) is 0. The number of benzene rings is 1. The van der Waals surface area contributed by atoms with E-state index >= 15 is 0 Å². The second-order valence-corrected chi connectivity index (χ2v) is 9.93. The van der Waals surface area contributed by atoms with Crippen LogP contribution in [0, 0.1) is 13.8 Å². The van der Waals surface area contributed by atoms with Crippen LogP contribution in [-0.4, -0.2) is 102 Å². The van der Waals surface area contributed by atoms with E-state index in [1.54, 1.807) is 21.3 Å². The number of hydrogen-bond donors (Lipinski definition) is 0. The van der Waals surface area contributed by atoms with Crippen molar-refractivity contribution < 1.29 is 13.2 Å². The van der Waals surface area contributed by atoms with Gasteiger partial charge in [-0.15, -0.1) is 0 Å². The smallest absolute Gasteiger partial charge is 0.282 e. The maximum absolute atomic E-state index is 13.0.